The fraction of sp³-hybridized carbons (Fsp3) is 0.600. The highest BCUT2D eigenvalue weighted by molar-refractivity contribution is 5.27. The van der Waals surface area contributed by atoms with E-state index in [-0.39, 0.29) is 6.42 Å². The van der Waals surface area contributed by atoms with Crippen molar-refractivity contribution in [3.8, 4) is 0 Å². The van der Waals surface area contributed by atoms with Crippen molar-refractivity contribution in [3.63, 3.8) is 0 Å². The monoisotopic (exact) mass is 261 g/mol. The number of hydrogen-bond donors (Lipinski definition) is 3. The van der Waals surface area contributed by atoms with E-state index in [2.05, 4.69) is 4.98 Å². The number of nitrogen functional groups attached to an aromatic ring is 1. The highest BCUT2D eigenvalue weighted by Gasteiger charge is 2.64. The van der Waals surface area contributed by atoms with Crippen molar-refractivity contribution in [2.75, 3.05) is 12.3 Å². The molecule has 0 saturated heterocycles. The van der Waals surface area contributed by atoms with Gasteiger partial charge in [-0.1, -0.05) is 0 Å². The van der Waals surface area contributed by atoms with Gasteiger partial charge >= 0.3 is 5.69 Å². The van der Waals surface area contributed by atoms with Gasteiger partial charge in [0.25, 0.3) is 0 Å². The van der Waals surface area contributed by atoms with Crippen molar-refractivity contribution in [1.82, 2.24) is 9.55 Å². The summed E-state index contributed by atoms with van der Waals surface area (Å²) in [4.78, 5) is 14.8. The Hall–Kier alpha value is -1.54. The minimum atomic E-state index is -2.21. The van der Waals surface area contributed by atoms with Gasteiger partial charge in [0.05, 0.1) is 12.6 Å². The molecular formula is C10H13F2N3O3. The van der Waals surface area contributed by atoms with Crippen LogP contribution in [0.5, 0.6) is 0 Å². The molecule has 3 atom stereocenters. The van der Waals surface area contributed by atoms with E-state index in [1.54, 1.807) is 0 Å². The van der Waals surface area contributed by atoms with Crippen molar-refractivity contribution in [1.29, 1.82) is 0 Å². The summed E-state index contributed by atoms with van der Waals surface area (Å²) in [7, 11) is 0. The lowest BCUT2D eigenvalue weighted by Crippen LogP contribution is -2.68. The summed E-state index contributed by atoms with van der Waals surface area (Å²) in [5.41, 5.74) is 0.0547. The van der Waals surface area contributed by atoms with Crippen LogP contribution in [-0.4, -0.2) is 37.6 Å². The molecule has 0 aromatic carbocycles. The summed E-state index contributed by atoms with van der Waals surface area (Å²) >= 11 is 0. The summed E-state index contributed by atoms with van der Waals surface area (Å²) in [5, 5.41) is 18.8. The molecule has 1 heterocycles. The smallest absolute Gasteiger partial charge is 0.350 e. The molecule has 0 unspecified atom stereocenters. The Bertz CT molecular complexity index is 546. The Morgan fingerprint density at radius 1 is 1.72 bits per heavy atom. The van der Waals surface area contributed by atoms with Gasteiger partial charge in [-0.2, -0.15) is 4.98 Å². The van der Waals surface area contributed by atoms with Crippen LogP contribution in [0.1, 0.15) is 19.4 Å². The predicted octanol–water partition coefficient (Wildman–Crippen LogP) is -0.639. The standard InChI is InChI=1S/C10H13F2N3O3/c1-9(18)6(2-10(9,12)4-16)15-3-5(11)7(13)14-8(15)17/h3,6,16,18H,2,4H2,1H3,(H2,13,14,17)/t6-,9+,10+/m1/s1. The molecule has 4 N–H and O–H groups in total. The third-order valence-corrected chi connectivity index (χ3v) is 3.59. The van der Waals surface area contributed by atoms with Crippen LogP contribution in [0, 0.1) is 5.82 Å². The van der Waals surface area contributed by atoms with Crippen molar-refractivity contribution < 1.29 is 19.0 Å². The SMILES string of the molecule is C[C@]1(O)[C@H](n2cc(F)c(N)nc2=O)C[C@]1(F)CO. The number of alkyl halides is 1. The molecule has 2 rings (SSSR count). The number of anilines is 1. The largest absolute Gasteiger partial charge is 0.393 e. The number of halogens is 2. The number of nitrogens with two attached hydrogens (primary N) is 1. The maximum Gasteiger partial charge on any atom is 0.350 e. The quantitative estimate of drug-likeness (QED) is 0.657. The van der Waals surface area contributed by atoms with Crippen LogP contribution in [0.25, 0.3) is 0 Å². The van der Waals surface area contributed by atoms with Crippen molar-refractivity contribution in [2.45, 2.75) is 30.7 Å². The molecule has 1 aromatic heterocycles. The molecule has 18 heavy (non-hydrogen) atoms. The molecule has 100 valence electrons. The van der Waals surface area contributed by atoms with Crippen molar-refractivity contribution in [3.05, 3.63) is 22.5 Å². The third-order valence-electron chi connectivity index (χ3n) is 3.59. The molecule has 6 nitrogen and oxygen atoms in total. The van der Waals surface area contributed by atoms with Gasteiger partial charge in [-0.05, 0) is 6.92 Å². The van der Waals surface area contributed by atoms with Gasteiger partial charge in [0.2, 0.25) is 0 Å². The second-order valence-electron chi connectivity index (χ2n) is 4.65. The lowest BCUT2D eigenvalue weighted by molar-refractivity contribution is -0.221. The summed E-state index contributed by atoms with van der Waals surface area (Å²) in [6.07, 6.45) is 0.474. The van der Waals surface area contributed by atoms with Gasteiger partial charge in [-0.15, -0.1) is 0 Å². The molecule has 1 aliphatic carbocycles. The Balaban J connectivity index is 2.42. The highest BCUT2D eigenvalue weighted by Crippen LogP contribution is 2.52. The number of rotatable bonds is 2. The number of hydrogen-bond acceptors (Lipinski definition) is 5. The first-order chi connectivity index (χ1) is 8.23. The third kappa shape index (κ3) is 1.52. The Morgan fingerprint density at radius 2 is 2.33 bits per heavy atom. The molecule has 1 aliphatic rings. The lowest BCUT2D eigenvalue weighted by Gasteiger charge is -2.54. The Morgan fingerprint density at radius 3 is 2.83 bits per heavy atom. The van der Waals surface area contributed by atoms with E-state index < -0.39 is 41.2 Å². The first-order valence-corrected chi connectivity index (χ1v) is 5.29. The van der Waals surface area contributed by atoms with E-state index in [9.17, 15) is 18.7 Å². The highest BCUT2D eigenvalue weighted by atomic mass is 19.1. The molecule has 8 heteroatoms. The van der Waals surface area contributed by atoms with Crippen LogP contribution in [0.15, 0.2) is 11.0 Å². The molecule has 0 radical (unpaired) electrons. The van der Waals surface area contributed by atoms with Crippen LogP contribution < -0.4 is 11.4 Å². The van der Waals surface area contributed by atoms with Gasteiger partial charge in [0, 0.05) is 12.6 Å². The minimum Gasteiger partial charge on any atom is -0.393 e. The molecule has 0 aliphatic heterocycles. The molecule has 1 saturated carbocycles. The van der Waals surface area contributed by atoms with E-state index in [0.717, 1.165) is 17.7 Å². The lowest BCUT2D eigenvalue weighted by atomic mass is 9.64. The zero-order valence-electron chi connectivity index (χ0n) is 9.60. The van der Waals surface area contributed by atoms with Gasteiger partial charge in [-0.25, -0.2) is 13.6 Å². The summed E-state index contributed by atoms with van der Waals surface area (Å²) in [6.45, 7) is 0.258. The van der Waals surface area contributed by atoms with E-state index in [4.69, 9.17) is 10.8 Å². The fourth-order valence-corrected chi connectivity index (χ4v) is 2.15. The molecule has 0 spiro atoms. The average Bonchev–Trinajstić information content (AvgIpc) is 2.30. The van der Waals surface area contributed by atoms with E-state index in [1.807, 2.05) is 0 Å². The maximum atomic E-state index is 13.9. The van der Waals surface area contributed by atoms with Crippen molar-refractivity contribution in [2.24, 2.45) is 0 Å². The minimum absolute atomic E-state index is 0.304. The van der Waals surface area contributed by atoms with Crippen LogP contribution in [0.3, 0.4) is 0 Å². The first kappa shape index (κ1) is 12.9. The van der Waals surface area contributed by atoms with Crippen LogP contribution >= 0.6 is 0 Å². The second kappa shape index (κ2) is 3.72. The van der Waals surface area contributed by atoms with Crippen LogP contribution in [0.4, 0.5) is 14.6 Å². The van der Waals surface area contributed by atoms with Gasteiger partial charge in [0.15, 0.2) is 17.3 Å². The number of nitrogens with zero attached hydrogens (tertiary/aromatic N) is 2. The van der Waals surface area contributed by atoms with Gasteiger partial charge in [-0.3, -0.25) is 4.57 Å². The van der Waals surface area contributed by atoms with E-state index >= 15 is 0 Å². The Labute approximate surface area is 101 Å². The predicted molar refractivity (Wildman–Crippen MR) is 58.1 cm³/mol. The van der Waals surface area contributed by atoms with Crippen LogP contribution in [-0.2, 0) is 0 Å². The summed E-state index contributed by atoms with van der Waals surface area (Å²) in [5.74, 6) is -1.48. The van der Waals surface area contributed by atoms with Gasteiger partial charge < -0.3 is 15.9 Å². The van der Waals surface area contributed by atoms with E-state index in [1.165, 1.54) is 0 Å². The van der Waals surface area contributed by atoms with Crippen molar-refractivity contribution >= 4 is 5.82 Å². The summed E-state index contributed by atoms with van der Waals surface area (Å²) in [6, 6.07) is -0.996. The zero-order chi connectivity index (χ0) is 13.7. The van der Waals surface area contributed by atoms with Gasteiger partial charge in [0.1, 0.15) is 5.60 Å². The normalized spacial score (nSPS) is 35.3. The maximum absolute atomic E-state index is 13.9. The molecule has 0 amide bonds. The summed E-state index contributed by atoms with van der Waals surface area (Å²) < 4.78 is 27.9. The van der Waals surface area contributed by atoms with E-state index in [0.29, 0.717) is 0 Å². The average molecular weight is 261 g/mol. The zero-order valence-corrected chi connectivity index (χ0v) is 9.60. The number of aromatic nitrogens is 2. The first-order valence-electron chi connectivity index (χ1n) is 5.29. The van der Waals surface area contributed by atoms with Crippen LogP contribution in [0.2, 0.25) is 0 Å². The Kier molecular flexibility index (Phi) is 2.67. The fourth-order valence-electron chi connectivity index (χ4n) is 2.15. The molecule has 1 fully saturated rings. The number of aliphatic hydroxyl groups excluding tert-OH is 1. The number of aliphatic hydroxyl groups is 2. The molecular weight excluding hydrogens is 248 g/mol. The molecule has 0 bridgehead atoms. The topological polar surface area (TPSA) is 101 Å². The second-order valence-corrected chi connectivity index (χ2v) is 4.65. The molecule has 1 aromatic rings.